The summed E-state index contributed by atoms with van der Waals surface area (Å²) in [5.74, 6) is 3.01. The normalized spacial score (nSPS) is 10.8. The summed E-state index contributed by atoms with van der Waals surface area (Å²) in [6, 6.07) is 9.53. The van der Waals surface area contributed by atoms with Crippen LogP contribution in [-0.2, 0) is 17.8 Å². The zero-order valence-electron chi connectivity index (χ0n) is 18.1. The topological polar surface area (TPSA) is 91.4 Å². The molecule has 1 aromatic carbocycles. The number of aromatic nitrogens is 3. The van der Waals surface area contributed by atoms with Crippen LogP contribution in [0.3, 0.4) is 0 Å². The number of amides is 1. The summed E-state index contributed by atoms with van der Waals surface area (Å²) >= 11 is 1.36. The standard InChI is InChI=1S/C22H28N4O4S/c1-4-26-21(18-8-7-13-30-18)24-25-22(26)31-15-20(27)23-12-11-16-9-10-17(28-5-2)19(14-16)29-6-3/h7-10,13-14H,4-6,11-12,15H2,1-3H3,(H,23,27). The van der Waals surface area contributed by atoms with Crippen molar-refractivity contribution in [1.82, 2.24) is 20.1 Å². The first-order chi connectivity index (χ1) is 15.2. The number of ether oxygens (including phenoxy) is 2. The van der Waals surface area contributed by atoms with Crippen LogP contribution in [0.4, 0.5) is 0 Å². The molecule has 9 heteroatoms. The lowest BCUT2D eigenvalue weighted by atomic mass is 10.1. The summed E-state index contributed by atoms with van der Waals surface area (Å²) in [6.45, 7) is 8.27. The van der Waals surface area contributed by atoms with Crippen LogP contribution in [0.2, 0.25) is 0 Å². The van der Waals surface area contributed by atoms with Gasteiger partial charge in [0.15, 0.2) is 28.2 Å². The first-order valence-electron chi connectivity index (χ1n) is 10.4. The van der Waals surface area contributed by atoms with E-state index in [-0.39, 0.29) is 11.7 Å². The van der Waals surface area contributed by atoms with E-state index < -0.39 is 0 Å². The van der Waals surface area contributed by atoms with Crippen molar-refractivity contribution >= 4 is 17.7 Å². The maximum Gasteiger partial charge on any atom is 0.230 e. The van der Waals surface area contributed by atoms with E-state index in [1.807, 2.05) is 55.7 Å². The lowest BCUT2D eigenvalue weighted by molar-refractivity contribution is -0.118. The minimum absolute atomic E-state index is 0.0498. The maximum absolute atomic E-state index is 12.3. The molecule has 31 heavy (non-hydrogen) atoms. The van der Waals surface area contributed by atoms with E-state index in [1.165, 1.54) is 11.8 Å². The predicted molar refractivity (Wildman–Crippen MR) is 120 cm³/mol. The average molecular weight is 445 g/mol. The summed E-state index contributed by atoms with van der Waals surface area (Å²) in [7, 11) is 0. The summed E-state index contributed by atoms with van der Waals surface area (Å²) in [4.78, 5) is 12.3. The number of carbonyl (C=O) groups excluding carboxylic acids is 1. The number of furan rings is 1. The third-order valence-corrected chi connectivity index (χ3v) is 5.42. The second-order valence-corrected chi connectivity index (χ2v) is 7.51. The fourth-order valence-corrected chi connectivity index (χ4v) is 3.88. The molecule has 0 aliphatic carbocycles. The molecule has 1 amide bonds. The summed E-state index contributed by atoms with van der Waals surface area (Å²) in [5, 5.41) is 12.0. The monoisotopic (exact) mass is 444 g/mol. The molecular weight excluding hydrogens is 416 g/mol. The highest BCUT2D eigenvalue weighted by atomic mass is 32.2. The van der Waals surface area contributed by atoms with Gasteiger partial charge in [0.05, 0.1) is 25.2 Å². The van der Waals surface area contributed by atoms with Gasteiger partial charge in [0.2, 0.25) is 5.91 Å². The van der Waals surface area contributed by atoms with Crippen LogP contribution in [0.5, 0.6) is 11.5 Å². The molecule has 0 saturated carbocycles. The van der Waals surface area contributed by atoms with Gasteiger partial charge in [0.25, 0.3) is 0 Å². The highest BCUT2D eigenvalue weighted by Gasteiger charge is 2.16. The third-order valence-electron chi connectivity index (χ3n) is 4.45. The van der Waals surface area contributed by atoms with Crippen molar-refractivity contribution in [2.24, 2.45) is 0 Å². The van der Waals surface area contributed by atoms with Crippen molar-refractivity contribution in [3.05, 3.63) is 42.2 Å². The van der Waals surface area contributed by atoms with Gasteiger partial charge in [-0.15, -0.1) is 10.2 Å². The smallest absolute Gasteiger partial charge is 0.230 e. The van der Waals surface area contributed by atoms with Gasteiger partial charge >= 0.3 is 0 Å². The molecule has 0 atom stereocenters. The summed E-state index contributed by atoms with van der Waals surface area (Å²) < 4.78 is 18.6. The van der Waals surface area contributed by atoms with Crippen molar-refractivity contribution in [2.75, 3.05) is 25.5 Å². The van der Waals surface area contributed by atoms with E-state index in [9.17, 15) is 4.79 Å². The van der Waals surface area contributed by atoms with Crippen LogP contribution >= 0.6 is 11.8 Å². The maximum atomic E-state index is 12.3. The fraction of sp³-hybridized carbons (Fsp3) is 0.409. The molecule has 166 valence electrons. The molecular formula is C22H28N4O4S. The second-order valence-electron chi connectivity index (χ2n) is 6.56. The molecule has 0 unspecified atom stereocenters. The number of nitrogens with zero attached hydrogens (tertiary/aromatic N) is 3. The van der Waals surface area contributed by atoms with E-state index in [0.29, 0.717) is 49.5 Å². The Labute approximate surface area is 186 Å². The fourth-order valence-electron chi connectivity index (χ4n) is 3.05. The molecule has 0 aliphatic heterocycles. The van der Waals surface area contributed by atoms with E-state index >= 15 is 0 Å². The summed E-state index contributed by atoms with van der Waals surface area (Å²) in [6.07, 6.45) is 2.31. The van der Waals surface area contributed by atoms with Crippen LogP contribution in [0.25, 0.3) is 11.6 Å². The van der Waals surface area contributed by atoms with E-state index in [2.05, 4.69) is 15.5 Å². The Kier molecular flexibility index (Phi) is 8.40. The highest BCUT2D eigenvalue weighted by molar-refractivity contribution is 7.99. The third kappa shape index (κ3) is 6.04. The van der Waals surface area contributed by atoms with E-state index in [4.69, 9.17) is 13.9 Å². The van der Waals surface area contributed by atoms with E-state index in [0.717, 1.165) is 17.1 Å². The van der Waals surface area contributed by atoms with Gasteiger partial charge < -0.3 is 19.2 Å². The Bertz CT molecular complexity index is 972. The van der Waals surface area contributed by atoms with Gasteiger partial charge in [-0.25, -0.2) is 0 Å². The highest BCUT2D eigenvalue weighted by Crippen LogP contribution is 2.28. The number of hydrogen-bond donors (Lipinski definition) is 1. The predicted octanol–water partition coefficient (Wildman–Crippen LogP) is 3.81. The van der Waals surface area contributed by atoms with Crippen LogP contribution in [0.1, 0.15) is 26.3 Å². The molecule has 0 spiro atoms. The first kappa shape index (κ1) is 22.7. The molecule has 0 saturated heterocycles. The molecule has 0 radical (unpaired) electrons. The number of nitrogens with one attached hydrogen (secondary N) is 1. The number of benzene rings is 1. The van der Waals surface area contributed by atoms with Gasteiger partial charge in [-0.3, -0.25) is 9.36 Å². The van der Waals surface area contributed by atoms with Crippen molar-refractivity contribution in [3.8, 4) is 23.1 Å². The Morgan fingerprint density at radius 3 is 2.65 bits per heavy atom. The molecule has 0 aliphatic rings. The number of rotatable bonds is 12. The van der Waals surface area contributed by atoms with Gasteiger partial charge in [-0.1, -0.05) is 17.8 Å². The van der Waals surface area contributed by atoms with Crippen molar-refractivity contribution < 1.29 is 18.7 Å². The minimum atomic E-state index is -0.0498. The van der Waals surface area contributed by atoms with Crippen LogP contribution in [0.15, 0.2) is 46.2 Å². The molecule has 0 bridgehead atoms. The van der Waals surface area contributed by atoms with E-state index in [1.54, 1.807) is 6.26 Å². The molecule has 2 aromatic heterocycles. The molecule has 8 nitrogen and oxygen atoms in total. The average Bonchev–Trinajstić information content (AvgIpc) is 3.43. The Morgan fingerprint density at radius 2 is 1.94 bits per heavy atom. The molecule has 2 heterocycles. The number of carbonyl (C=O) groups is 1. The van der Waals surface area contributed by atoms with Gasteiger partial charge in [-0.05, 0) is 57.0 Å². The SMILES string of the molecule is CCOc1ccc(CCNC(=O)CSc2nnc(-c3ccco3)n2CC)cc1OCC. The Morgan fingerprint density at radius 1 is 1.13 bits per heavy atom. The van der Waals surface area contributed by atoms with Crippen LogP contribution in [-0.4, -0.2) is 46.2 Å². The molecule has 1 N–H and O–H groups in total. The number of hydrogen-bond acceptors (Lipinski definition) is 7. The Balaban J connectivity index is 1.49. The molecule has 3 rings (SSSR count). The largest absolute Gasteiger partial charge is 0.490 e. The lowest BCUT2D eigenvalue weighted by Gasteiger charge is -2.12. The van der Waals surface area contributed by atoms with Crippen LogP contribution < -0.4 is 14.8 Å². The van der Waals surface area contributed by atoms with Crippen LogP contribution in [0, 0.1) is 0 Å². The second kappa shape index (κ2) is 11.5. The van der Waals surface area contributed by atoms with Crippen molar-refractivity contribution in [2.45, 2.75) is 38.9 Å². The van der Waals surface area contributed by atoms with Crippen molar-refractivity contribution in [1.29, 1.82) is 0 Å². The summed E-state index contributed by atoms with van der Waals surface area (Å²) in [5.41, 5.74) is 1.08. The quantitative estimate of drug-likeness (QED) is 0.425. The molecule has 0 fully saturated rings. The van der Waals surface area contributed by atoms with Gasteiger partial charge in [0, 0.05) is 13.1 Å². The Hall–Kier alpha value is -2.94. The van der Waals surface area contributed by atoms with Gasteiger partial charge in [0.1, 0.15) is 0 Å². The molecule has 3 aromatic rings. The zero-order valence-corrected chi connectivity index (χ0v) is 18.9. The first-order valence-corrected chi connectivity index (χ1v) is 11.4. The minimum Gasteiger partial charge on any atom is -0.490 e. The number of thioether (sulfide) groups is 1. The van der Waals surface area contributed by atoms with Gasteiger partial charge in [-0.2, -0.15) is 0 Å². The zero-order chi connectivity index (χ0) is 22.1. The lowest BCUT2D eigenvalue weighted by Crippen LogP contribution is -2.27. The van der Waals surface area contributed by atoms with Crippen molar-refractivity contribution in [3.63, 3.8) is 0 Å².